The smallest absolute Gasteiger partial charge is 0.123 e. The molecule has 0 spiro atoms. The van der Waals surface area contributed by atoms with Crippen molar-refractivity contribution in [3.63, 3.8) is 0 Å². The minimum atomic E-state index is 0.626. The lowest BCUT2D eigenvalue weighted by molar-refractivity contribution is 0.400. The summed E-state index contributed by atoms with van der Waals surface area (Å²) < 4.78 is 5.57. The van der Waals surface area contributed by atoms with Gasteiger partial charge >= 0.3 is 0 Å². The van der Waals surface area contributed by atoms with Crippen LogP contribution in [0.4, 0.5) is 0 Å². The van der Waals surface area contributed by atoms with Crippen molar-refractivity contribution in [3.8, 4) is 5.75 Å². The summed E-state index contributed by atoms with van der Waals surface area (Å²) in [5.74, 6) is 1.96. The van der Waals surface area contributed by atoms with Gasteiger partial charge in [-0.25, -0.2) is 0 Å². The second-order valence-electron chi connectivity index (χ2n) is 6.13. The Hall–Kier alpha value is -1.54. The molecule has 2 aromatic carbocycles. The molecule has 0 aliphatic heterocycles. The van der Waals surface area contributed by atoms with Gasteiger partial charge in [-0.15, -0.1) is 0 Å². The monoisotopic (exact) mass is 283 g/mol. The normalized spacial score (nSPS) is 16.1. The van der Waals surface area contributed by atoms with Crippen molar-refractivity contribution in [1.29, 1.82) is 0 Å². The molecule has 2 aromatic rings. The Bertz CT molecular complexity index is 604. The molecule has 1 aliphatic rings. The highest BCUT2D eigenvalue weighted by molar-refractivity contribution is 5.87. The minimum Gasteiger partial charge on any atom is -0.496 e. The van der Waals surface area contributed by atoms with Gasteiger partial charge in [0, 0.05) is 18.2 Å². The average Bonchev–Trinajstić information content (AvgIpc) is 3.35. The van der Waals surface area contributed by atoms with Crippen LogP contribution in [0.2, 0.25) is 0 Å². The summed E-state index contributed by atoms with van der Waals surface area (Å²) in [5, 5.41) is 6.32. The van der Waals surface area contributed by atoms with E-state index in [2.05, 4.69) is 48.6 Å². The number of nitrogens with one attached hydrogen (secondary N) is 1. The highest BCUT2D eigenvalue weighted by atomic mass is 16.5. The van der Waals surface area contributed by atoms with Gasteiger partial charge < -0.3 is 10.1 Å². The van der Waals surface area contributed by atoms with E-state index in [4.69, 9.17) is 4.74 Å². The molecule has 1 unspecified atom stereocenters. The molecule has 2 heteroatoms. The molecule has 0 aromatic heterocycles. The molecule has 0 amide bonds. The van der Waals surface area contributed by atoms with E-state index in [0.29, 0.717) is 6.04 Å². The molecule has 1 N–H and O–H groups in total. The third-order valence-electron chi connectivity index (χ3n) is 4.59. The molecule has 1 atom stereocenters. The summed E-state index contributed by atoms with van der Waals surface area (Å²) in [6, 6.07) is 13.4. The minimum absolute atomic E-state index is 0.626. The molecule has 2 nitrogen and oxygen atoms in total. The maximum Gasteiger partial charge on any atom is 0.123 e. The molecule has 3 rings (SSSR count). The van der Waals surface area contributed by atoms with Gasteiger partial charge in [-0.2, -0.15) is 0 Å². The van der Waals surface area contributed by atoms with E-state index < -0.39 is 0 Å². The lowest BCUT2D eigenvalue weighted by Gasteiger charge is -2.19. The number of fused-ring (bicyclic) bond motifs is 1. The third kappa shape index (κ3) is 3.38. The van der Waals surface area contributed by atoms with Crippen molar-refractivity contribution < 1.29 is 4.74 Å². The van der Waals surface area contributed by atoms with Gasteiger partial charge in [0.25, 0.3) is 0 Å². The van der Waals surface area contributed by atoms with Crippen molar-refractivity contribution >= 4 is 10.8 Å². The largest absolute Gasteiger partial charge is 0.496 e. The van der Waals surface area contributed by atoms with Crippen LogP contribution in [0, 0.1) is 5.92 Å². The molecular formula is C19H25NO. The summed E-state index contributed by atoms with van der Waals surface area (Å²) in [7, 11) is 1.76. The molecule has 112 valence electrons. The van der Waals surface area contributed by atoms with E-state index in [1.807, 2.05) is 0 Å². The van der Waals surface area contributed by atoms with Crippen LogP contribution >= 0.6 is 0 Å². The van der Waals surface area contributed by atoms with Crippen LogP contribution in [-0.4, -0.2) is 13.2 Å². The Kier molecular flexibility index (Phi) is 4.45. The summed E-state index contributed by atoms with van der Waals surface area (Å²) in [6.45, 7) is 3.16. The van der Waals surface area contributed by atoms with Crippen molar-refractivity contribution in [3.05, 3.63) is 42.0 Å². The maximum absolute atomic E-state index is 5.57. The third-order valence-corrected chi connectivity index (χ3v) is 4.59. The molecule has 1 saturated carbocycles. The van der Waals surface area contributed by atoms with Gasteiger partial charge in [-0.1, -0.05) is 50.1 Å². The molecular weight excluding hydrogens is 258 g/mol. The van der Waals surface area contributed by atoms with Gasteiger partial charge in [0.2, 0.25) is 0 Å². The van der Waals surface area contributed by atoms with Crippen LogP contribution in [0.25, 0.3) is 10.8 Å². The lowest BCUT2D eigenvalue weighted by Crippen LogP contribution is -2.28. The molecule has 0 radical (unpaired) electrons. The fourth-order valence-corrected chi connectivity index (χ4v) is 3.09. The van der Waals surface area contributed by atoms with Gasteiger partial charge in [0.15, 0.2) is 0 Å². The van der Waals surface area contributed by atoms with Crippen molar-refractivity contribution in [2.24, 2.45) is 5.92 Å². The first-order chi connectivity index (χ1) is 10.3. The molecule has 0 heterocycles. The van der Waals surface area contributed by atoms with E-state index in [0.717, 1.165) is 18.2 Å². The predicted molar refractivity (Wildman–Crippen MR) is 88.8 cm³/mol. The molecule has 0 bridgehead atoms. The van der Waals surface area contributed by atoms with Gasteiger partial charge in [-0.05, 0) is 35.6 Å². The van der Waals surface area contributed by atoms with Crippen LogP contribution in [0.15, 0.2) is 36.4 Å². The predicted octanol–water partition coefficient (Wildman–Crippen LogP) is 4.52. The van der Waals surface area contributed by atoms with Crippen molar-refractivity contribution in [2.45, 2.75) is 45.2 Å². The van der Waals surface area contributed by atoms with Crippen LogP contribution in [0.5, 0.6) is 5.75 Å². The summed E-state index contributed by atoms with van der Waals surface area (Å²) in [5.41, 5.74) is 1.28. The zero-order valence-electron chi connectivity index (χ0n) is 13.1. The number of hydrogen-bond acceptors (Lipinski definition) is 2. The molecule has 0 saturated heterocycles. The highest BCUT2D eigenvalue weighted by Crippen LogP contribution is 2.34. The number of rotatable bonds is 7. The topological polar surface area (TPSA) is 21.3 Å². The average molecular weight is 283 g/mol. The Morgan fingerprint density at radius 2 is 2.00 bits per heavy atom. The summed E-state index contributed by atoms with van der Waals surface area (Å²) in [6.07, 6.45) is 5.37. The van der Waals surface area contributed by atoms with E-state index in [1.165, 1.54) is 42.0 Å². The van der Waals surface area contributed by atoms with Gasteiger partial charge in [0.05, 0.1) is 7.11 Å². The Labute approximate surface area is 127 Å². The van der Waals surface area contributed by atoms with E-state index in [1.54, 1.807) is 7.11 Å². The maximum atomic E-state index is 5.57. The van der Waals surface area contributed by atoms with Crippen LogP contribution in [0.3, 0.4) is 0 Å². The summed E-state index contributed by atoms with van der Waals surface area (Å²) >= 11 is 0. The van der Waals surface area contributed by atoms with E-state index >= 15 is 0 Å². The second kappa shape index (κ2) is 6.48. The van der Waals surface area contributed by atoms with Crippen molar-refractivity contribution in [2.75, 3.05) is 7.11 Å². The zero-order chi connectivity index (χ0) is 14.7. The van der Waals surface area contributed by atoms with Crippen LogP contribution < -0.4 is 10.1 Å². The second-order valence-corrected chi connectivity index (χ2v) is 6.13. The fraction of sp³-hybridized carbons (Fsp3) is 0.474. The Balaban J connectivity index is 1.80. The van der Waals surface area contributed by atoms with Crippen LogP contribution in [-0.2, 0) is 6.54 Å². The number of hydrogen-bond donors (Lipinski definition) is 1. The molecule has 1 fully saturated rings. The standard InChI is InChI=1S/C19H25NO/c1-3-16(12-14-8-9-14)20-13-18-17-7-5-4-6-15(17)10-11-19(18)21-2/h4-7,10-11,14,16,20H,3,8-9,12-13H2,1-2H3. The number of methoxy groups -OCH3 is 1. The van der Waals surface area contributed by atoms with Crippen molar-refractivity contribution in [1.82, 2.24) is 5.32 Å². The van der Waals surface area contributed by atoms with E-state index in [9.17, 15) is 0 Å². The quantitative estimate of drug-likeness (QED) is 0.807. The molecule has 1 aliphatic carbocycles. The Morgan fingerprint density at radius 1 is 1.19 bits per heavy atom. The SMILES string of the molecule is CCC(CC1CC1)NCc1c(OC)ccc2ccccc12. The molecule has 21 heavy (non-hydrogen) atoms. The first-order valence-corrected chi connectivity index (χ1v) is 8.09. The summed E-state index contributed by atoms with van der Waals surface area (Å²) in [4.78, 5) is 0. The zero-order valence-corrected chi connectivity index (χ0v) is 13.1. The first-order valence-electron chi connectivity index (χ1n) is 8.09. The number of benzene rings is 2. The van der Waals surface area contributed by atoms with Crippen LogP contribution in [0.1, 0.15) is 38.2 Å². The van der Waals surface area contributed by atoms with Gasteiger partial charge in [0.1, 0.15) is 5.75 Å². The van der Waals surface area contributed by atoms with E-state index in [-0.39, 0.29) is 0 Å². The lowest BCUT2D eigenvalue weighted by atomic mass is 10.0. The first kappa shape index (κ1) is 14.4. The number of ether oxygens (including phenoxy) is 1. The van der Waals surface area contributed by atoms with Gasteiger partial charge in [-0.3, -0.25) is 0 Å². The Morgan fingerprint density at radius 3 is 2.71 bits per heavy atom. The highest BCUT2D eigenvalue weighted by Gasteiger charge is 2.24. The fourth-order valence-electron chi connectivity index (χ4n) is 3.09.